The summed E-state index contributed by atoms with van der Waals surface area (Å²) in [7, 11) is 0. The molecule has 1 aromatic carbocycles. The minimum Gasteiger partial charge on any atom is -0.507 e. The summed E-state index contributed by atoms with van der Waals surface area (Å²) in [5, 5.41) is 20.7. The fraction of sp³-hybridized carbons (Fsp3) is 0. The van der Waals surface area contributed by atoms with Crippen molar-refractivity contribution in [2.24, 2.45) is 0 Å². The molecule has 0 bridgehead atoms. The van der Waals surface area contributed by atoms with Gasteiger partial charge in [-0.2, -0.15) is 0 Å². The van der Waals surface area contributed by atoms with Gasteiger partial charge in [0.15, 0.2) is 0 Å². The number of rotatable bonds is 3. The van der Waals surface area contributed by atoms with Gasteiger partial charge in [-0.15, -0.1) is 0 Å². The van der Waals surface area contributed by atoms with Crippen molar-refractivity contribution >= 4 is 17.6 Å². The molecule has 1 amide bonds. The van der Waals surface area contributed by atoms with Crippen LogP contribution in [0.15, 0.2) is 42.7 Å². The molecule has 6 nitrogen and oxygen atoms in total. The van der Waals surface area contributed by atoms with E-state index in [1.54, 1.807) is 18.3 Å². The molecular formula is C13H10N2O4. The maximum Gasteiger partial charge on any atom is 0.339 e. The minimum atomic E-state index is -1.27. The Labute approximate surface area is 108 Å². The van der Waals surface area contributed by atoms with E-state index in [9.17, 15) is 14.7 Å². The fourth-order valence-electron chi connectivity index (χ4n) is 1.49. The zero-order valence-electron chi connectivity index (χ0n) is 9.70. The van der Waals surface area contributed by atoms with E-state index < -0.39 is 11.9 Å². The first-order chi connectivity index (χ1) is 9.08. The topological polar surface area (TPSA) is 99.5 Å². The number of hydrogen-bond acceptors (Lipinski definition) is 4. The Morgan fingerprint density at radius 1 is 1.21 bits per heavy atom. The number of pyridine rings is 1. The lowest BCUT2D eigenvalue weighted by Crippen LogP contribution is -2.12. The van der Waals surface area contributed by atoms with Gasteiger partial charge in [0.05, 0.1) is 5.56 Å². The number of amides is 1. The molecule has 0 fully saturated rings. The largest absolute Gasteiger partial charge is 0.507 e. The molecule has 2 rings (SSSR count). The number of hydrogen-bond donors (Lipinski definition) is 3. The van der Waals surface area contributed by atoms with Crippen LogP contribution >= 0.6 is 0 Å². The Bertz CT molecular complexity index is 626. The van der Waals surface area contributed by atoms with Crippen LogP contribution in [0.1, 0.15) is 20.7 Å². The summed E-state index contributed by atoms with van der Waals surface area (Å²) in [5.41, 5.74) is 0.362. The highest BCUT2D eigenvalue weighted by Crippen LogP contribution is 2.21. The van der Waals surface area contributed by atoms with Crippen molar-refractivity contribution in [3.8, 4) is 5.75 Å². The van der Waals surface area contributed by atoms with Gasteiger partial charge in [0.2, 0.25) is 0 Å². The summed E-state index contributed by atoms with van der Waals surface area (Å²) in [4.78, 5) is 26.5. The van der Waals surface area contributed by atoms with Crippen LogP contribution in [-0.2, 0) is 0 Å². The molecule has 0 aliphatic heterocycles. The van der Waals surface area contributed by atoms with Crippen molar-refractivity contribution in [2.45, 2.75) is 0 Å². The first-order valence-electron chi connectivity index (χ1n) is 5.35. The van der Waals surface area contributed by atoms with Crippen LogP contribution in [0.4, 0.5) is 5.69 Å². The summed E-state index contributed by atoms with van der Waals surface area (Å²) in [5.74, 6) is -2.03. The SMILES string of the molecule is O=C(Nc1ccc(O)c(C(=O)O)c1)c1cccnc1. The molecule has 3 N–H and O–H groups in total. The smallest absolute Gasteiger partial charge is 0.339 e. The first-order valence-corrected chi connectivity index (χ1v) is 5.35. The number of phenols is 1. The number of aromatic carboxylic acids is 1. The van der Waals surface area contributed by atoms with Gasteiger partial charge < -0.3 is 15.5 Å². The van der Waals surface area contributed by atoms with Gasteiger partial charge in [-0.05, 0) is 30.3 Å². The third-order valence-electron chi connectivity index (χ3n) is 2.41. The van der Waals surface area contributed by atoms with Gasteiger partial charge in [-0.1, -0.05) is 0 Å². The van der Waals surface area contributed by atoms with Gasteiger partial charge in [0, 0.05) is 18.1 Å². The van der Waals surface area contributed by atoms with Gasteiger partial charge in [-0.3, -0.25) is 9.78 Å². The van der Waals surface area contributed by atoms with E-state index in [-0.39, 0.29) is 17.0 Å². The molecule has 0 aliphatic carbocycles. The number of carboxylic acid groups (broad SMARTS) is 1. The van der Waals surface area contributed by atoms with Crippen LogP contribution in [0.25, 0.3) is 0 Å². The van der Waals surface area contributed by atoms with Gasteiger partial charge in [0.25, 0.3) is 5.91 Å². The molecule has 0 unspecified atom stereocenters. The summed E-state index contributed by atoms with van der Waals surface area (Å²) >= 11 is 0. The van der Waals surface area contributed by atoms with Crippen LogP contribution < -0.4 is 5.32 Å². The fourth-order valence-corrected chi connectivity index (χ4v) is 1.49. The Morgan fingerprint density at radius 2 is 2.00 bits per heavy atom. The molecule has 0 saturated carbocycles. The molecule has 1 heterocycles. The quantitative estimate of drug-likeness (QED) is 0.728. The second-order valence-electron chi connectivity index (χ2n) is 3.73. The molecule has 96 valence electrons. The number of carbonyl (C=O) groups is 2. The van der Waals surface area contributed by atoms with Gasteiger partial charge >= 0.3 is 5.97 Å². The Hall–Kier alpha value is -2.89. The van der Waals surface area contributed by atoms with Crippen LogP contribution in [0.3, 0.4) is 0 Å². The molecule has 1 aromatic heterocycles. The van der Waals surface area contributed by atoms with Crippen molar-refractivity contribution < 1.29 is 19.8 Å². The number of anilines is 1. The molecule has 0 saturated heterocycles. The average Bonchev–Trinajstić information content (AvgIpc) is 2.41. The highest BCUT2D eigenvalue weighted by Gasteiger charge is 2.12. The molecule has 0 atom stereocenters. The van der Waals surface area contributed by atoms with Gasteiger partial charge in [0.1, 0.15) is 11.3 Å². The third-order valence-corrected chi connectivity index (χ3v) is 2.41. The molecule has 0 spiro atoms. The monoisotopic (exact) mass is 258 g/mol. The summed E-state index contributed by atoms with van der Waals surface area (Å²) in [6, 6.07) is 7.01. The Morgan fingerprint density at radius 3 is 2.63 bits per heavy atom. The molecule has 0 radical (unpaired) electrons. The highest BCUT2D eigenvalue weighted by molar-refractivity contribution is 6.04. The van der Waals surface area contributed by atoms with E-state index in [0.717, 1.165) is 0 Å². The second kappa shape index (κ2) is 5.18. The van der Waals surface area contributed by atoms with Crippen molar-refractivity contribution in [1.82, 2.24) is 4.98 Å². The summed E-state index contributed by atoms with van der Waals surface area (Å²) < 4.78 is 0. The lowest BCUT2D eigenvalue weighted by atomic mass is 10.1. The highest BCUT2D eigenvalue weighted by atomic mass is 16.4. The van der Waals surface area contributed by atoms with E-state index in [4.69, 9.17) is 5.11 Å². The number of nitrogens with zero attached hydrogens (tertiary/aromatic N) is 1. The predicted octanol–water partition coefficient (Wildman–Crippen LogP) is 1.74. The van der Waals surface area contributed by atoms with Crippen molar-refractivity contribution in [1.29, 1.82) is 0 Å². The normalized spacial score (nSPS) is 9.89. The van der Waals surface area contributed by atoms with E-state index in [1.165, 1.54) is 24.4 Å². The number of benzene rings is 1. The van der Waals surface area contributed by atoms with E-state index in [2.05, 4.69) is 10.3 Å². The van der Waals surface area contributed by atoms with Crippen LogP contribution in [0.2, 0.25) is 0 Å². The van der Waals surface area contributed by atoms with Crippen molar-refractivity contribution in [2.75, 3.05) is 5.32 Å². The number of aromatic hydroxyl groups is 1. The van der Waals surface area contributed by atoms with E-state index in [1.807, 2.05) is 0 Å². The molecular weight excluding hydrogens is 248 g/mol. The summed E-state index contributed by atoms with van der Waals surface area (Å²) in [6.07, 6.45) is 2.94. The van der Waals surface area contributed by atoms with Gasteiger partial charge in [-0.25, -0.2) is 4.79 Å². The third kappa shape index (κ3) is 2.86. The number of aromatic nitrogens is 1. The molecule has 2 aromatic rings. The maximum absolute atomic E-state index is 11.8. The predicted molar refractivity (Wildman–Crippen MR) is 67.3 cm³/mol. The lowest BCUT2D eigenvalue weighted by molar-refractivity contribution is 0.0693. The molecule has 0 aliphatic rings. The Balaban J connectivity index is 2.23. The van der Waals surface area contributed by atoms with E-state index >= 15 is 0 Å². The second-order valence-corrected chi connectivity index (χ2v) is 3.73. The number of carbonyl (C=O) groups excluding carboxylic acids is 1. The summed E-state index contributed by atoms with van der Waals surface area (Å²) in [6.45, 7) is 0. The number of carboxylic acids is 1. The van der Waals surface area contributed by atoms with Crippen molar-refractivity contribution in [3.05, 3.63) is 53.9 Å². The van der Waals surface area contributed by atoms with E-state index in [0.29, 0.717) is 5.56 Å². The molecule has 19 heavy (non-hydrogen) atoms. The first kappa shape index (κ1) is 12.6. The maximum atomic E-state index is 11.8. The van der Waals surface area contributed by atoms with Crippen LogP contribution in [0, 0.1) is 0 Å². The zero-order chi connectivity index (χ0) is 13.8. The standard InChI is InChI=1S/C13H10N2O4/c16-11-4-3-9(6-10(11)13(18)19)15-12(17)8-2-1-5-14-7-8/h1-7,16H,(H,15,17)(H,18,19). The minimum absolute atomic E-state index is 0.274. The average molecular weight is 258 g/mol. The number of nitrogens with one attached hydrogen (secondary N) is 1. The Kier molecular flexibility index (Phi) is 3.42. The van der Waals surface area contributed by atoms with Crippen LogP contribution in [-0.4, -0.2) is 27.1 Å². The van der Waals surface area contributed by atoms with Crippen LogP contribution in [0.5, 0.6) is 5.75 Å². The van der Waals surface area contributed by atoms with Crippen molar-refractivity contribution in [3.63, 3.8) is 0 Å². The lowest BCUT2D eigenvalue weighted by Gasteiger charge is -2.06. The molecule has 6 heteroatoms. The zero-order valence-corrected chi connectivity index (χ0v) is 9.70.